The lowest BCUT2D eigenvalue weighted by molar-refractivity contribution is -0.121. The van der Waals surface area contributed by atoms with E-state index in [1.807, 2.05) is 62.4 Å². The first kappa shape index (κ1) is 17.8. The predicted octanol–water partition coefficient (Wildman–Crippen LogP) is 4.52. The van der Waals surface area contributed by atoms with Crippen molar-refractivity contribution in [1.29, 1.82) is 0 Å². The molecule has 3 nitrogen and oxygen atoms in total. The van der Waals surface area contributed by atoms with Crippen LogP contribution >= 0.6 is 23.2 Å². The van der Waals surface area contributed by atoms with Crippen LogP contribution in [0.4, 0.5) is 0 Å². The summed E-state index contributed by atoms with van der Waals surface area (Å²) in [7, 11) is 0. The first-order chi connectivity index (χ1) is 11.0. The van der Waals surface area contributed by atoms with Crippen LogP contribution in [-0.4, -0.2) is 12.5 Å². The summed E-state index contributed by atoms with van der Waals surface area (Å²) in [5, 5.41) is 7.53. The van der Waals surface area contributed by atoms with Gasteiger partial charge in [0.25, 0.3) is 0 Å². The zero-order valence-corrected chi connectivity index (χ0v) is 14.7. The molecule has 2 aromatic rings. The van der Waals surface area contributed by atoms with Crippen molar-refractivity contribution in [1.82, 2.24) is 10.6 Å². The highest BCUT2D eigenvalue weighted by atomic mass is 35.5. The Kier molecular flexibility index (Phi) is 6.46. The molecule has 23 heavy (non-hydrogen) atoms. The third-order valence-electron chi connectivity index (χ3n) is 3.66. The Labute approximate surface area is 147 Å². The number of halogens is 2. The Morgan fingerprint density at radius 1 is 0.957 bits per heavy atom. The minimum atomic E-state index is -0.0890. The summed E-state index contributed by atoms with van der Waals surface area (Å²) in [6.45, 7) is 4.19. The van der Waals surface area contributed by atoms with E-state index in [-0.39, 0.29) is 24.5 Å². The van der Waals surface area contributed by atoms with Crippen LogP contribution in [-0.2, 0) is 4.79 Å². The van der Waals surface area contributed by atoms with Crippen LogP contribution in [0.2, 0.25) is 10.0 Å². The van der Waals surface area contributed by atoms with Gasteiger partial charge in [0.05, 0.1) is 12.6 Å². The van der Waals surface area contributed by atoms with E-state index in [1.165, 1.54) is 0 Å². The van der Waals surface area contributed by atoms with E-state index < -0.39 is 0 Å². The third-order valence-corrected chi connectivity index (χ3v) is 4.15. The van der Waals surface area contributed by atoms with Gasteiger partial charge in [-0.05, 0) is 49.2 Å². The van der Waals surface area contributed by atoms with E-state index >= 15 is 0 Å². The van der Waals surface area contributed by atoms with E-state index in [9.17, 15) is 4.79 Å². The van der Waals surface area contributed by atoms with Gasteiger partial charge in [0.2, 0.25) is 5.91 Å². The molecule has 0 aromatic heterocycles. The average molecular weight is 351 g/mol. The van der Waals surface area contributed by atoms with Crippen LogP contribution in [0.1, 0.15) is 37.1 Å². The van der Waals surface area contributed by atoms with E-state index in [4.69, 9.17) is 23.2 Å². The third kappa shape index (κ3) is 5.54. The van der Waals surface area contributed by atoms with Crippen LogP contribution in [0.15, 0.2) is 48.5 Å². The van der Waals surface area contributed by atoms with Crippen molar-refractivity contribution in [3.63, 3.8) is 0 Å². The Balaban J connectivity index is 1.83. The molecule has 0 saturated heterocycles. The molecule has 0 radical (unpaired) electrons. The molecule has 0 aliphatic carbocycles. The lowest BCUT2D eigenvalue weighted by Gasteiger charge is -2.17. The molecule has 1 amide bonds. The number of hydrogen-bond donors (Lipinski definition) is 2. The van der Waals surface area contributed by atoms with Crippen molar-refractivity contribution in [3.05, 3.63) is 69.7 Å². The standard InChI is InChI=1S/C18H20Cl2N2O/c1-12(14-6-8-16(19)9-7-14)21-11-18(23)22-13(2)15-4-3-5-17(20)10-15/h3-10,12-13,21H,11H2,1-2H3,(H,22,23)/t12-,13-/m0/s1. The second-order valence-corrected chi connectivity index (χ2v) is 6.37. The maximum atomic E-state index is 12.1. The zero-order chi connectivity index (χ0) is 16.8. The zero-order valence-electron chi connectivity index (χ0n) is 13.1. The summed E-state index contributed by atoms with van der Waals surface area (Å²) in [6.07, 6.45) is 0. The molecule has 2 N–H and O–H groups in total. The van der Waals surface area contributed by atoms with Gasteiger partial charge in [-0.25, -0.2) is 0 Å². The van der Waals surface area contributed by atoms with Crippen molar-refractivity contribution < 1.29 is 4.79 Å². The highest BCUT2D eigenvalue weighted by Crippen LogP contribution is 2.18. The second kappa shape index (κ2) is 8.34. The Hall–Kier alpha value is -1.55. The SMILES string of the molecule is C[C@H](NCC(=O)N[C@@H](C)c1cccc(Cl)c1)c1ccc(Cl)cc1. The second-order valence-electron chi connectivity index (χ2n) is 5.50. The summed E-state index contributed by atoms with van der Waals surface area (Å²) in [6, 6.07) is 15.1. The maximum Gasteiger partial charge on any atom is 0.234 e. The summed E-state index contributed by atoms with van der Waals surface area (Å²) in [5.41, 5.74) is 2.07. The van der Waals surface area contributed by atoms with Gasteiger partial charge in [0.1, 0.15) is 0 Å². The van der Waals surface area contributed by atoms with Crippen molar-refractivity contribution in [2.24, 2.45) is 0 Å². The number of nitrogens with one attached hydrogen (secondary N) is 2. The minimum absolute atomic E-state index is 0.0571. The van der Waals surface area contributed by atoms with Gasteiger partial charge in [-0.3, -0.25) is 4.79 Å². The highest BCUT2D eigenvalue weighted by Gasteiger charge is 2.11. The number of rotatable bonds is 6. The monoisotopic (exact) mass is 350 g/mol. The van der Waals surface area contributed by atoms with E-state index in [0.29, 0.717) is 10.0 Å². The Morgan fingerprint density at radius 3 is 2.30 bits per heavy atom. The summed E-state index contributed by atoms with van der Waals surface area (Å²) in [5.74, 6) is -0.0571. The molecule has 2 rings (SSSR count). The fourth-order valence-corrected chi connectivity index (χ4v) is 2.59. The van der Waals surface area contributed by atoms with Gasteiger partial charge < -0.3 is 10.6 Å². The number of amides is 1. The first-order valence-electron chi connectivity index (χ1n) is 7.49. The Bertz CT molecular complexity index is 658. The summed E-state index contributed by atoms with van der Waals surface area (Å²) < 4.78 is 0. The Morgan fingerprint density at radius 2 is 1.65 bits per heavy atom. The fraction of sp³-hybridized carbons (Fsp3) is 0.278. The molecule has 0 aliphatic heterocycles. The number of carbonyl (C=O) groups is 1. The average Bonchev–Trinajstić information content (AvgIpc) is 2.53. The van der Waals surface area contributed by atoms with Crippen molar-refractivity contribution >= 4 is 29.1 Å². The molecule has 0 saturated carbocycles. The fourth-order valence-electron chi connectivity index (χ4n) is 2.27. The van der Waals surface area contributed by atoms with Gasteiger partial charge in [-0.2, -0.15) is 0 Å². The number of carbonyl (C=O) groups excluding carboxylic acids is 1. The summed E-state index contributed by atoms with van der Waals surface area (Å²) >= 11 is 11.8. The van der Waals surface area contributed by atoms with E-state index in [0.717, 1.165) is 11.1 Å². The topological polar surface area (TPSA) is 41.1 Å². The molecule has 5 heteroatoms. The van der Waals surface area contributed by atoms with E-state index in [1.54, 1.807) is 0 Å². The smallest absolute Gasteiger partial charge is 0.234 e. The molecular formula is C18H20Cl2N2O. The molecule has 2 aromatic carbocycles. The van der Waals surface area contributed by atoms with Gasteiger partial charge in [0.15, 0.2) is 0 Å². The lowest BCUT2D eigenvalue weighted by atomic mass is 10.1. The van der Waals surface area contributed by atoms with Crippen LogP contribution < -0.4 is 10.6 Å². The van der Waals surface area contributed by atoms with Crippen LogP contribution in [0.3, 0.4) is 0 Å². The molecule has 0 aliphatic rings. The number of benzene rings is 2. The molecular weight excluding hydrogens is 331 g/mol. The number of hydrogen-bond acceptors (Lipinski definition) is 2. The van der Waals surface area contributed by atoms with Crippen molar-refractivity contribution in [3.8, 4) is 0 Å². The molecule has 122 valence electrons. The van der Waals surface area contributed by atoms with Gasteiger partial charge >= 0.3 is 0 Å². The highest BCUT2D eigenvalue weighted by molar-refractivity contribution is 6.30. The molecule has 0 spiro atoms. The van der Waals surface area contributed by atoms with Gasteiger partial charge in [-0.15, -0.1) is 0 Å². The van der Waals surface area contributed by atoms with Crippen LogP contribution in [0, 0.1) is 0 Å². The van der Waals surface area contributed by atoms with Crippen molar-refractivity contribution in [2.75, 3.05) is 6.54 Å². The van der Waals surface area contributed by atoms with Crippen molar-refractivity contribution in [2.45, 2.75) is 25.9 Å². The molecule has 0 unspecified atom stereocenters. The predicted molar refractivity (Wildman–Crippen MR) is 95.9 cm³/mol. The maximum absolute atomic E-state index is 12.1. The van der Waals surface area contributed by atoms with Gasteiger partial charge in [0, 0.05) is 16.1 Å². The van der Waals surface area contributed by atoms with E-state index in [2.05, 4.69) is 10.6 Å². The van der Waals surface area contributed by atoms with Crippen LogP contribution in [0.5, 0.6) is 0 Å². The molecule has 2 atom stereocenters. The molecule has 0 heterocycles. The molecule has 0 fully saturated rings. The van der Waals surface area contributed by atoms with Gasteiger partial charge in [-0.1, -0.05) is 47.5 Å². The van der Waals surface area contributed by atoms with Crippen LogP contribution in [0.25, 0.3) is 0 Å². The molecule has 0 bridgehead atoms. The largest absolute Gasteiger partial charge is 0.348 e. The summed E-state index contributed by atoms with van der Waals surface area (Å²) in [4.78, 5) is 12.1. The normalized spacial score (nSPS) is 13.4. The quantitative estimate of drug-likeness (QED) is 0.803. The lowest BCUT2D eigenvalue weighted by Crippen LogP contribution is -2.36. The first-order valence-corrected chi connectivity index (χ1v) is 8.25. The minimum Gasteiger partial charge on any atom is -0.348 e.